The monoisotopic (exact) mass is 335 g/mol. The Labute approximate surface area is 139 Å². The zero-order valence-corrected chi connectivity index (χ0v) is 14.6. The molecule has 0 aliphatic carbocycles. The molecule has 2 aromatic rings. The van der Waals surface area contributed by atoms with Crippen molar-refractivity contribution in [1.29, 1.82) is 0 Å². The van der Waals surface area contributed by atoms with Gasteiger partial charge in [0.15, 0.2) is 0 Å². The van der Waals surface area contributed by atoms with Crippen molar-refractivity contribution in [3.8, 4) is 10.6 Å². The topological polar surface area (TPSA) is 81.2 Å². The predicted octanol–water partition coefficient (Wildman–Crippen LogP) is 2.83. The van der Waals surface area contributed by atoms with Crippen LogP contribution in [0.1, 0.15) is 36.1 Å². The summed E-state index contributed by atoms with van der Waals surface area (Å²) in [6.07, 6.45) is 3.47. The molecule has 0 unspecified atom stereocenters. The lowest BCUT2D eigenvalue weighted by molar-refractivity contribution is -0.140. The molecule has 0 aromatic carbocycles. The van der Waals surface area contributed by atoms with Gasteiger partial charge >= 0.3 is 5.97 Å². The van der Waals surface area contributed by atoms with Crippen LogP contribution in [0.3, 0.4) is 0 Å². The summed E-state index contributed by atoms with van der Waals surface area (Å²) < 4.78 is 4.40. The summed E-state index contributed by atoms with van der Waals surface area (Å²) in [5.41, 5.74) is 1.70. The van der Waals surface area contributed by atoms with Crippen molar-refractivity contribution in [1.82, 2.24) is 15.3 Å². The molecule has 7 heteroatoms. The third kappa shape index (κ3) is 6.15. The minimum Gasteiger partial charge on any atom is -0.466 e. The van der Waals surface area contributed by atoms with Gasteiger partial charge < -0.3 is 10.1 Å². The number of esters is 1. The van der Waals surface area contributed by atoms with E-state index in [2.05, 4.69) is 20.0 Å². The van der Waals surface area contributed by atoms with Crippen LogP contribution in [0.25, 0.3) is 10.6 Å². The predicted molar refractivity (Wildman–Crippen MR) is 90.4 cm³/mol. The van der Waals surface area contributed by atoms with Crippen molar-refractivity contribution in [3.63, 3.8) is 0 Å². The lowest BCUT2D eigenvalue weighted by atomic mass is 10.3. The Hall–Kier alpha value is -2.28. The Morgan fingerprint density at radius 1 is 1.35 bits per heavy atom. The maximum absolute atomic E-state index is 11.8. The third-order valence-corrected chi connectivity index (χ3v) is 3.80. The molecule has 1 N–H and O–H groups in total. The first-order valence-corrected chi connectivity index (χ1v) is 8.10. The molecular weight excluding hydrogens is 314 g/mol. The van der Waals surface area contributed by atoms with E-state index in [0.717, 1.165) is 16.3 Å². The number of carbonyl (C=O) groups is 2. The molecule has 0 saturated carbocycles. The van der Waals surface area contributed by atoms with E-state index in [9.17, 15) is 9.59 Å². The number of aromatic nitrogens is 2. The molecule has 0 aliphatic rings. The number of hydrogen-bond acceptors (Lipinski definition) is 6. The largest absolute Gasteiger partial charge is 0.466 e. The summed E-state index contributed by atoms with van der Waals surface area (Å²) in [5, 5.41) is 3.61. The fraction of sp³-hybridized carbons (Fsp3) is 0.375. The fourth-order valence-corrected chi connectivity index (χ4v) is 2.64. The summed E-state index contributed by atoms with van der Waals surface area (Å²) in [5.74, 6) is -0.268. The van der Waals surface area contributed by atoms with E-state index in [4.69, 9.17) is 0 Å². The van der Waals surface area contributed by atoms with Crippen LogP contribution in [-0.4, -0.2) is 35.0 Å². The van der Waals surface area contributed by atoms with Crippen molar-refractivity contribution in [2.75, 3.05) is 13.2 Å². The van der Waals surface area contributed by atoms with Gasteiger partial charge in [-0.3, -0.25) is 14.6 Å². The Balaban J connectivity index is 0.000000379. The molecule has 0 aliphatic heterocycles. The average Bonchev–Trinajstić information content (AvgIpc) is 2.91. The van der Waals surface area contributed by atoms with Crippen molar-refractivity contribution in [2.45, 2.75) is 27.7 Å². The summed E-state index contributed by atoms with van der Waals surface area (Å²) in [4.78, 5) is 30.7. The van der Waals surface area contributed by atoms with Crippen LogP contribution in [0.15, 0.2) is 24.5 Å². The number of nitrogens with zero attached hydrogens (tertiary/aromatic N) is 2. The van der Waals surface area contributed by atoms with Gasteiger partial charge in [-0.2, -0.15) is 0 Å². The van der Waals surface area contributed by atoms with E-state index in [0.29, 0.717) is 18.0 Å². The number of aryl methyl sites for hydroxylation is 1. The van der Waals surface area contributed by atoms with E-state index in [1.54, 1.807) is 19.3 Å². The van der Waals surface area contributed by atoms with Gasteiger partial charge in [-0.05, 0) is 32.9 Å². The van der Waals surface area contributed by atoms with Gasteiger partial charge in [0.25, 0.3) is 5.91 Å². The van der Waals surface area contributed by atoms with Crippen molar-refractivity contribution >= 4 is 23.2 Å². The number of hydrogen-bond donors (Lipinski definition) is 1. The van der Waals surface area contributed by atoms with Crippen LogP contribution < -0.4 is 5.32 Å². The number of carbonyl (C=O) groups excluding carboxylic acids is 2. The van der Waals surface area contributed by atoms with Gasteiger partial charge in [-0.15, -0.1) is 11.3 Å². The Kier molecular flexibility index (Phi) is 7.90. The van der Waals surface area contributed by atoms with Crippen molar-refractivity contribution < 1.29 is 14.3 Å². The van der Waals surface area contributed by atoms with Gasteiger partial charge in [-0.1, -0.05) is 0 Å². The molecule has 2 heterocycles. The number of pyridine rings is 1. The quantitative estimate of drug-likeness (QED) is 0.869. The fourth-order valence-electron chi connectivity index (χ4n) is 1.66. The minimum atomic E-state index is -0.211. The first-order valence-electron chi connectivity index (χ1n) is 7.28. The first-order chi connectivity index (χ1) is 11.0. The smallest absolute Gasteiger partial charge is 0.302 e. The molecule has 6 nitrogen and oxygen atoms in total. The van der Waals surface area contributed by atoms with Gasteiger partial charge in [0.05, 0.1) is 12.3 Å². The molecule has 0 atom stereocenters. The van der Waals surface area contributed by atoms with E-state index < -0.39 is 0 Å². The molecular formula is C16H21N3O3S. The Morgan fingerprint density at radius 3 is 2.57 bits per heavy atom. The summed E-state index contributed by atoms with van der Waals surface area (Å²) in [7, 11) is 0. The van der Waals surface area contributed by atoms with Crippen LogP contribution in [-0.2, 0) is 9.53 Å². The Bertz CT molecular complexity index is 641. The molecule has 0 radical (unpaired) electrons. The molecule has 23 heavy (non-hydrogen) atoms. The Morgan fingerprint density at radius 2 is 2.09 bits per heavy atom. The highest BCUT2D eigenvalue weighted by Crippen LogP contribution is 2.27. The average molecular weight is 335 g/mol. The lowest BCUT2D eigenvalue weighted by Gasteiger charge is -1.97. The van der Waals surface area contributed by atoms with Gasteiger partial charge in [0.2, 0.25) is 0 Å². The number of ether oxygens (including phenoxy) is 1. The number of amides is 1. The van der Waals surface area contributed by atoms with Gasteiger partial charge in [0.1, 0.15) is 9.88 Å². The van der Waals surface area contributed by atoms with E-state index in [1.165, 1.54) is 18.3 Å². The van der Waals surface area contributed by atoms with E-state index in [1.807, 2.05) is 26.0 Å². The number of rotatable bonds is 4. The molecule has 0 saturated heterocycles. The molecule has 2 rings (SSSR count). The van der Waals surface area contributed by atoms with E-state index >= 15 is 0 Å². The number of thiazole rings is 1. The maximum atomic E-state index is 11.8. The highest BCUT2D eigenvalue weighted by Gasteiger charge is 2.15. The van der Waals surface area contributed by atoms with Gasteiger partial charge in [-0.25, -0.2) is 4.98 Å². The summed E-state index contributed by atoms with van der Waals surface area (Å²) in [6.45, 7) is 8.02. The second kappa shape index (κ2) is 9.68. The molecule has 2 aromatic heterocycles. The molecule has 0 bridgehead atoms. The van der Waals surface area contributed by atoms with Crippen LogP contribution in [0.4, 0.5) is 0 Å². The maximum Gasteiger partial charge on any atom is 0.302 e. The van der Waals surface area contributed by atoms with Crippen LogP contribution in [0.2, 0.25) is 0 Å². The standard InChI is InChI=1S/C12H13N3OS.C4H8O2/c1-3-14-11(16)10-8(2)15-12(17-10)9-5-4-6-13-7-9;1-3-6-4(2)5/h4-7H,3H2,1-2H3,(H,14,16);3H2,1-2H3. The first kappa shape index (κ1) is 18.8. The second-order valence-corrected chi connectivity index (χ2v) is 5.46. The summed E-state index contributed by atoms with van der Waals surface area (Å²) in [6, 6.07) is 3.80. The zero-order valence-electron chi connectivity index (χ0n) is 13.8. The van der Waals surface area contributed by atoms with Crippen LogP contribution in [0, 0.1) is 6.92 Å². The second-order valence-electron chi connectivity index (χ2n) is 4.46. The van der Waals surface area contributed by atoms with Crippen molar-refractivity contribution in [3.05, 3.63) is 35.1 Å². The van der Waals surface area contributed by atoms with E-state index in [-0.39, 0.29) is 11.9 Å². The highest BCUT2D eigenvalue weighted by atomic mass is 32.1. The normalized spacial score (nSPS) is 9.57. The van der Waals surface area contributed by atoms with Crippen LogP contribution >= 0.6 is 11.3 Å². The molecule has 124 valence electrons. The van der Waals surface area contributed by atoms with Crippen molar-refractivity contribution in [2.24, 2.45) is 0 Å². The molecule has 1 amide bonds. The highest BCUT2D eigenvalue weighted by molar-refractivity contribution is 7.17. The number of nitrogens with one attached hydrogen (secondary N) is 1. The molecule has 0 spiro atoms. The summed E-state index contributed by atoms with van der Waals surface area (Å²) >= 11 is 1.40. The lowest BCUT2D eigenvalue weighted by Crippen LogP contribution is -2.22. The third-order valence-electron chi connectivity index (χ3n) is 2.60. The van der Waals surface area contributed by atoms with Gasteiger partial charge in [0, 0.05) is 31.4 Å². The molecule has 0 fully saturated rings. The SMILES string of the molecule is CCNC(=O)c1sc(-c2cccnc2)nc1C.CCOC(C)=O. The van der Waals surface area contributed by atoms with Crippen LogP contribution in [0.5, 0.6) is 0 Å². The zero-order chi connectivity index (χ0) is 17.2. The minimum absolute atomic E-state index is 0.0577.